The predicted molar refractivity (Wildman–Crippen MR) is 116 cm³/mol. The van der Waals surface area contributed by atoms with Crippen molar-refractivity contribution in [2.24, 2.45) is 0 Å². The highest BCUT2D eigenvalue weighted by Gasteiger charge is 2.04. The largest absolute Gasteiger partial charge is 0.489 e. The van der Waals surface area contributed by atoms with E-state index in [1.807, 2.05) is 48.5 Å². The van der Waals surface area contributed by atoms with Gasteiger partial charge in [0.05, 0.1) is 11.0 Å². The number of benzene rings is 3. The van der Waals surface area contributed by atoms with Crippen LogP contribution in [0.15, 0.2) is 78.9 Å². The van der Waals surface area contributed by atoms with Gasteiger partial charge in [-0.1, -0.05) is 54.1 Å². The minimum atomic E-state index is -0.247. The molecule has 0 bridgehead atoms. The van der Waals surface area contributed by atoms with Crippen LogP contribution in [0.1, 0.15) is 16.7 Å². The molecule has 0 saturated heterocycles. The smallest absolute Gasteiger partial charge is 0.250 e. The van der Waals surface area contributed by atoms with Gasteiger partial charge in [-0.05, 0) is 48.4 Å². The summed E-state index contributed by atoms with van der Waals surface area (Å²) >= 11 is 0. The van der Waals surface area contributed by atoms with Crippen molar-refractivity contribution in [3.8, 4) is 5.75 Å². The molecular weight excluding hydrogens is 362 g/mol. The number of ether oxygens (including phenoxy) is 1. The number of carbonyl (C=O) groups excluding carboxylic acids is 1. The Morgan fingerprint density at radius 3 is 2.55 bits per heavy atom. The first-order valence-electron chi connectivity index (χ1n) is 9.38. The molecule has 0 spiro atoms. The van der Waals surface area contributed by atoms with Crippen LogP contribution in [-0.4, -0.2) is 15.9 Å². The van der Waals surface area contributed by atoms with E-state index in [0.717, 1.165) is 27.9 Å². The summed E-state index contributed by atoms with van der Waals surface area (Å²) in [7, 11) is 0. The van der Waals surface area contributed by atoms with Crippen molar-refractivity contribution in [2.45, 2.75) is 13.5 Å². The van der Waals surface area contributed by atoms with Crippen LogP contribution in [0.4, 0.5) is 5.95 Å². The number of fused-ring (bicyclic) bond motifs is 1. The molecule has 1 heterocycles. The molecule has 5 nitrogen and oxygen atoms in total. The molecule has 1 amide bonds. The molecule has 0 aliphatic carbocycles. The van der Waals surface area contributed by atoms with Gasteiger partial charge in [-0.15, -0.1) is 0 Å². The molecule has 0 unspecified atom stereocenters. The molecule has 4 rings (SSSR count). The van der Waals surface area contributed by atoms with Crippen LogP contribution in [0.3, 0.4) is 0 Å². The molecule has 5 heteroatoms. The number of hydrogen-bond acceptors (Lipinski definition) is 3. The van der Waals surface area contributed by atoms with E-state index in [-0.39, 0.29) is 5.91 Å². The predicted octanol–water partition coefficient (Wildman–Crippen LogP) is 5.10. The number of aromatic nitrogens is 2. The highest BCUT2D eigenvalue weighted by molar-refractivity contribution is 6.01. The summed E-state index contributed by atoms with van der Waals surface area (Å²) in [5, 5.41) is 2.74. The minimum absolute atomic E-state index is 0.247. The van der Waals surface area contributed by atoms with Crippen LogP contribution in [-0.2, 0) is 11.4 Å². The lowest BCUT2D eigenvalue weighted by Gasteiger charge is -2.07. The Labute approximate surface area is 169 Å². The molecule has 1 aromatic heterocycles. The molecule has 2 N–H and O–H groups in total. The van der Waals surface area contributed by atoms with Gasteiger partial charge in [0.25, 0.3) is 5.91 Å². The first-order valence-corrected chi connectivity index (χ1v) is 9.38. The maximum atomic E-state index is 12.1. The van der Waals surface area contributed by atoms with E-state index in [2.05, 4.69) is 46.5 Å². The molecule has 4 aromatic rings. The van der Waals surface area contributed by atoms with E-state index in [4.69, 9.17) is 4.74 Å². The number of aryl methyl sites for hydroxylation is 1. The molecule has 0 fully saturated rings. The first-order chi connectivity index (χ1) is 14.2. The third kappa shape index (κ3) is 4.90. The third-order valence-corrected chi connectivity index (χ3v) is 4.46. The van der Waals surface area contributed by atoms with E-state index in [1.165, 1.54) is 11.6 Å². The molecule has 29 heavy (non-hydrogen) atoms. The number of rotatable bonds is 6. The standard InChI is InChI=1S/C24H21N3O2/c1-17-6-8-19(9-7-17)16-29-20-13-10-18(11-14-20)12-15-23(28)27-24-25-21-4-2-3-5-22(21)26-24/h2-15H,16H2,1H3,(H2,25,26,27,28)/b15-12+. The van der Waals surface area contributed by atoms with Crippen molar-refractivity contribution in [2.75, 3.05) is 5.32 Å². The van der Waals surface area contributed by atoms with Crippen molar-refractivity contribution in [3.63, 3.8) is 0 Å². The van der Waals surface area contributed by atoms with Crippen molar-refractivity contribution in [3.05, 3.63) is 95.6 Å². The quantitative estimate of drug-likeness (QED) is 0.455. The van der Waals surface area contributed by atoms with Crippen LogP contribution in [0, 0.1) is 6.92 Å². The van der Waals surface area contributed by atoms with Crippen molar-refractivity contribution < 1.29 is 9.53 Å². The zero-order chi connectivity index (χ0) is 20.1. The number of carbonyl (C=O) groups is 1. The average Bonchev–Trinajstić information content (AvgIpc) is 3.15. The van der Waals surface area contributed by atoms with E-state index in [0.29, 0.717) is 12.6 Å². The Balaban J connectivity index is 1.32. The van der Waals surface area contributed by atoms with Crippen molar-refractivity contribution in [1.29, 1.82) is 0 Å². The van der Waals surface area contributed by atoms with E-state index < -0.39 is 0 Å². The van der Waals surface area contributed by atoms with Crippen molar-refractivity contribution >= 4 is 29.0 Å². The number of para-hydroxylation sites is 2. The summed E-state index contributed by atoms with van der Waals surface area (Å²) in [6.45, 7) is 2.59. The fourth-order valence-corrected chi connectivity index (χ4v) is 2.87. The second kappa shape index (κ2) is 8.44. The molecule has 0 radical (unpaired) electrons. The summed E-state index contributed by atoms with van der Waals surface area (Å²) < 4.78 is 5.80. The number of H-pyrrole nitrogens is 1. The van der Waals surface area contributed by atoms with Crippen LogP contribution >= 0.6 is 0 Å². The van der Waals surface area contributed by atoms with Gasteiger partial charge in [0.15, 0.2) is 0 Å². The first kappa shape index (κ1) is 18.5. The topological polar surface area (TPSA) is 67.0 Å². The Hall–Kier alpha value is -3.86. The lowest BCUT2D eigenvalue weighted by atomic mass is 10.1. The Kier molecular flexibility index (Phi) is 5.38. The second-order valence-corrected chi connectivity index (χ2v) is 6.77. The Morgan fingerprint density at radius 2 is 1.79 bits per heavy atom. The molecule has 0 atom stereocenters. The normalized spacial score (nSPS) is 11.1. The van der Waals surface area contributed by atoms with E-state index in [9.17, 15) is 4.79 Å². The molecule has 0 saturated carbocycles. The van der Waals surface area contributed by atoms with Crippen LogP contribution in [0.5, 0.6) is 5.75 Å². The highest BCUT2D eigenvalue weighted by atomic mass is 16.5. The number of nitrogens with zero attached hydrogens (tertiary/aromatic N) is 1. The molecule has 3 aromatic carbocycles. The summed E-state index contributed by atoms with van der Waals surface area (Å²) in [6, 6.07) is 23.5. The fourth-order valence-electron chi connectivity index (χ4n) is 2.87. The second-order valence-electron chi connectivity index (χ2n) is 6.77. The molecular formula is C24H21N3O2. The summed E-state index contributed by atoms with van der Waals surface area (Å²) in [6.07, 6.45) is 3.23. The van der Waals surface area contributed by atoms with Gasteiger partial charge in [0, 0.05) is 6.08 Å². The van der Waals surface area contributed by atoms with Gasteiger partial charge in [-0.3, -0.25) is 10.1 Å². The minimum Gasteiger partial charge on any atom is -0.489 e. The lowest BCUT2D eigenvalue weighted by Crippen LogP contribution is -2.08. The summed E-state index contributed by atoms with van der Waals surface area (Å²) in [5.74, 6) is 0.971. The van der Waals surface area contributed by atoms with Gasteiger partial charge < -0.3 is 9.72 Å². The van der Waals surface area contributed by atoms with Crippen molar-refractivity contribution in [1.82, 2.24) is 9.97 Å². The fraction of sp³-hybridized carbons (Fsp3) is 0.0833. The van der Waals surface area contributed by atoms with Crippen LogP contribution in [0.2, 0.25) is 0 Å². The number of amides is 1. The summed E-state index contributed by atoms with van der Waals surface area (Å²) in [5.41, 5.74) is 4.96. The average molecular weight is 383 g/mol. The summed E-state index contributed by atoms with van der Waals surface area (Å²) in [4.78, 5) is 19.5. The number of aromatic amines is 1. The molecule has 144 valence electrons. The van der Waals surface area contributed by atoms with Gasteiger partial charge in [0.1, 0.15) is 12.4 Å². The van der Waals surface area contributed by atoms with Gasteiger partial charge in [-0.25, -0.2) is 4.98 Å². The molecule has 0 aliphatic rings. The zero-order valence-electron chi connectivity index (χ0n) is 16.1. The van der Waals surface area contributed by atoms with E-state index in [1.54, 1.807) is 6.08 Å². The SMILES string of the molecule is Cc1ccc(COc2ccc(/C=C/C(=O)Nc3nc4ccccc4[nH]3)cc2)cc1. The monoisotopic (exact) mass is 383 g/mol. The van der Waals surface area contributed by atoms with Crippen LogP contribution < -0.4 is 10.1 Å². The van der Waals surface area contributed by atoms with E-state index >= 15 is 0 Å². The lowest BCUT2D eigenvalue weighted by molar-refractivity contribution is -0.111. The number of hydrogen-bond donors (Lipinski definition) is 2. The number of anilines is 1. The zero-order valence-corrected chi connectivity index (χ0v) is 16.1. The van der Waals surface area contributed by atoms with Crippen LogP contribution in [0.25, 0.3) is 17.1 Å². The Morgan fingerprint density at radius 1 is 1.03 bits per heavy atom. The number of nitrogens with one attached hydrogen (secondary N) is 2. The van der Waals surface area contributed by atoms with Gasteiger partial charge in [-0.2, -0.15) is 0 Å². The maximum absolute atomic E-state index is 12.1. The highest BCUT2D eigenvalue weighted by Crippen LogP contribution is 2.16. The Bertz CT molecular complexity index is 1110. The molecule has 0 aliphatic heterocycles. The van der Waals surface area contributed by atoms with Gasteiger partial charge >= 0.3 is 0 Å². The van der Waals surface area contributed by atoms with Gasteiger partial charge in [0.2, 0.25) is 5.95 Å². The maximum Gasteiger partial charge on any atom is 0.250 e. The number of imidazole rings is 1. The third-order valence-electron chi connectivity index (χ3n) is 4.46.